The highest BCUT2D eigenvalue weighted by atomic mass is 16.5. The van der Waals surface area contributed by atoms with Crippen molar-refractivity contribution in [1.82, 2.24) is 4.40 Å². The van der Waals surface area contributed by atoms with E-state index in [1.54, 1.807) is 24.4 Å². The molecule has 0 unspecified atom stereocenters. The smallest absolute Gasteiger partial charge is 0.341 e. The Labute approximate surface area is 150 Å². The van der Waals surface area contributed by atoms with Crippen molar-refractivity contribution in [3.8, 4) is 0 Å². The van der Waals surface area contributed by atoms with Gasteiger partial charge in [-0.3, -0.25) is 4.79 Å². The van der Waals surface area contributed by atoms with Crippen molar-refractivity contribution in [3.63, 3.8) is 0 Å². The molecule has 0 fully saturated rings. The molecule has 0 saturated carbocycles. The summed E-state index contributed by atoms with van der Waals surface area (Å²) < 4.78 is 11.2. The third-order valence-corrected chi connectivity index (χ3v) is 4.09. The molecular weight excluding hydrogens is 334 g/mol. The molecule has 2 aromatic heterocycles. The van der Waals surface area contributed by atoms with E-state index in [2.05, 4.69) is 0 Å². The van der Waals surface area contributed by atoms with Gasteiger partial charge in [-0.2, -0.15) is 0 Å². The summed E-state index contributed by atoms with van der Waals surface area (Å²) in [4.78, 5) is 37.7. The zero-order valence-electron chi connectivity index (χ0n) is 14.4. The van der Waals surface area contributed by atoms with Crippen LogP contribution < -0.4 is 0 Å². The summed E-state index contributed by atoms with van der Waals surface area (Å²) >= 11 is 0. The first-order valence-electron chi connectivity index (χ1n) is 7.95. The summed E-state index contributed by atoms with van der Waals surface area (Å²) in [7, 11) is 2.43. The van der Waals surface area contributed by atoms with Crippen LogP contribution in [0.1, 0.15) is 36.8 Å². The fraction of sp³-hybridized carbons (Fsp3) is 0.150. The topological polar surface area (TPSA) is 74.1 Å². The zero-order chi connectivity index (χ0) is 18.7. The van der Waals surface area contributed by atoms with Gasteiger partial charge in [-0.05, 0) is 17.7 Å². The normalized spacial score (nSPS) is 10.5. The van der Waals surface area contributed by atoms with Crippen molar-refractivity contribution in [2.24, 2.45) is 0 Å². The van der Waals surface area contributed by atoms with E-state index >= 15 is 0 Å². The van der Waals surface area contributed by atoms with E-state index in [0.29, 0.717) is 5.52 Å². The Morgan fingerprint density at radius 3 is 2.12 bits per heavy atom. The van der Waals surface area contributed by atoms with Crippen LogP contribution in [0.25, 0.3) is 5.52 Å². The van der Waals surface area contributed by atoms with E-state index in [1.165, 1.54) is 18.6 Å². The predicted octanol–water partition coefficient (Wildman–Crippen LogP) is 2.94. The maximum atomic E-state index is 13.0. The van der Waals surface area contributed by atoms with Gasteiger partial charge >= 0.3 is 11.9 Å². The van der Waals surface area contributed by atoms with Crippen molar-refractivity contribution in [1.29, 1.82) is 0 Å². The minimum absolute atomic E-state index is 0.0244. The fourth-order valence-electron chi connectivity index (χ4n) is 2.96. The van der Waals surface area contributed by atoms with Crippen LogP contribution in [-0.4, -0.2) is 36.3 Å². The molecule has 6 nitrogen and oxygen atoms in total. The van der Waals surface area contributed by atoms with Crippen molar-refractivity contribution < 1.29 is 23.9 Å². The first-order valence-corrected chi connectivity index (χ1v) is 7.95. The van der Waals surface area contributed by atoms with Crippen LogP contribution in [0.4, 0.5) is 0 Å². The number of hydrogen-bond donors (Lipinski definition) is 0. The number of carbonyl (C=O) groups excluding carboxylic acids is 3. The van der Waals surface area contributed by atoms with Gasteiger partial charge in [-0.15, -0.1) is 0 Å². The molecule has 132 valence electrons. The summed E-state index contributed by atoms with van der Waals surface area (Å²) in [6.07, 6.45) is 1.72. The number of ether oxygens (including phenoxy) is 2. The second kappa shape index (κ2) is 7.23. The lowest BCUT2D eigenvalue weighted by Crippen LogP contribution is -2.16. The van der Waals surface area contributed by atoms with E-state index in [0.717, 1.165) is 5.56 Å². The number of benzene rings is 1. The molecule has 3 rings (SSSR count). The molecular formula is C20H17NO5. The number of hydrogen-bond acceptors (Lipinski definition) is 5. The highest BCUT2D eigenvalue weighted by Crippen LogP contribution is 2.27. The van der Waals surface area contributed by atoms with Gasteiger partial charge in [0.25, 0.3) is 0 Å². The SMILES string of the molecule is COC(=O)c1c(C(=O)OC)c2ccccn2c1C(=O)Cc1ccccc1. The molecule has 1 aromatic carbocycles. The van der Waals surface area contributed by atoms with Crippen LogP contribution in [0.5, 0.6) is 0 Å². The molecule has 0 bridgehead atoms. The van der Waals surface area contributed by atoms with Gasteiger partial charge in [0.15, 0.2) is 5.78 Å². The number of fused-ring (bicyclic) bond motifs is 1. The Balaban J connectivity index is 2.24. The minimum Gasteiger partial charge on any atom is -0.465 e. The standard InChI is InChI=1S/C20H17NO5/c1-25-19(23)16-14-10-6-7-11-21(14)18(17(16)20(24)26-2)15(22)12-13-8-4-3-5-9-13/h3-11H,12H2,1-2H3. The third kappa shape index (κ3) is 2.97. The summed E-state index contributed by atoms with van der Waals surface area (Å²) in [6, 6.07) is 14.3. The second-order valence-electron chi connectivity index (χ2n) is 5.62. The Bertz CT molecular complexity index is 988. The number of esters is 2. The van der Waals surface area contributed by atoms with Gasteiger partial charge in [-0.25, -0.2) is 9.59 Å². The summed E-state index contributed by atoms with van der Waals surface area (Å²) in [5.74, 6) is -1.76. The molecule has 0 atom stereocenters. The van der Waals surface area contributed by atoms with Gasteiger partial charge in [-0.1, -0.05) is 36.4 Å². The molecule has 0 aliphatic heterocycles. The van der Waals surface area contributed by atoms with E-state index in [9.17, 15) is 14.4 Å². The lowest BCUT2D eigenvalue weighted by molar-refractivity contribution is 0.0556. The van der Waals surface area contributed by atoms with Crippen molar-refractivity contribution in [2.75, 3.05) is 14.2 Å². The number of ketones is 1. The van der Waals surface area contributed by atoms with Crippen LogP contribution in [0.15, 0.2) is 54.7 Å². The molecule has 26 heavy (non-hydrogen) atoms. The average Bonchev–Trinajstić information content (AvgIpc) is 3.02. The van der Waals surface area contributed by atoms with E-state index in [1.807, 2.05) is 30.3 Å². The largest absolute Gasteiger partial charge is 0.465 e. The predicted molar refractivity (Wildman–Crippen MR) is 94.6 cm³/mol. The number of nitrogens with zero attached hydrogens (tertiary/aromatic N) is 1. The lowest BCUT2D eigenvalue weighted by atomic mass is 10.0. The van der Waals surface area contributed by atoms with Gasteiger partial charge in [0, 0.05) is 12.6 Å². The molecule has 0 radical (unpaired) electrons. The Kier molecular flexibility index (Phi) is 4.84. The van der Waals surface area contributed by atoms with E-state index in [-0.39, 0.29) is 29.0 Å². The van der Waals surface area contributed by atoms with Gasteiger partial charge < -0.3 is 13.9 Å². The molecule has 0 aliphatic carbocycles. The Morgan fingerprint density at radius 2 is 1.46 bits per heavy atom. The van der Waals surface area contributed by atoms with Crippen LogP contribution >= 0.6 is 0 Å². The summed E-state index contributed by atoms with van der Waals surface area (Å²) in [5.41, 5.74) is 1.27. The maximum absolute atomic E-state index is 13.0. The van der Waals surface area contributed by atoms with Crippen LogP contribution in [0.2, 0.25) is 0 Å². The monoisotopic (exact) mass is 351 g/mol. The quantitative estimate of drug-likeness (QED) is 0.522. The molecule has 0 N–H and O–H groups in total. The van der Waals surface area contributed by atoms with Crippen LogP contribution in [-0.2, 0) is 15.9 Å². The Morgan fingerprint density at radius 1 is 0.846 bits per heavy atom. The number of methoxy groups -OCH3 is 2. The Hall–Kier alpha value is -3.41. The highest BCUT2D eigenvalue weighted by molar-refractivity contribution is 6.16. The van der Waals surface area contributed by atoms with E-state index in [4.69, 9.17) is 9.47 Å². The van der Waals surface area contributed by atoms with Gasteiger partial charge in [0.1, 0.15) is 16.8 Å². The average molecular weight is 351 g/mol. The zero-order valence-corrected chi connectivity index (χ0v) is 14.4. The molecule has 0 saturated heterocycles. The van der Waals surface area contributed by atoms with Crippen molar-refractivity contribution in [2.45, 2.75) is 6.42 Å². The number of rotatable bonds is 5. The number of pyridine rings is 1. The minimum atomic E-state index is -0.759. The maximum Gasteiger partial charge on any atom is 0.341 e. The van der Waals surface area contributed by atoms with Crippen LogP contribution in [0.3, 0.4) is 0 Å². The number of aromatic nitrogens is 1. The second-order valence-corrected chi connectivity index (χ2v) is 5.62. The van der Waals surface area contributed by atoms with Crippen LogP contribution in [0, 0.1) is 0 Å². The molecule has 0 spiro atoms. The number of Topliss-reactive ketones (excluding diaryl/α,β-unsaturated/α-hetero) is 1. The third-order valence-electron chi connectivity index (χ3n) is 4.09. The van der Waals surface area contributed by atoms with Crippen molar-refractivity contribution >= 4 is 23.2 Å². The first-order chi connectivity index (χ1) is 12.6. The molecule has 0 aliphatic rings. The molecule has 6 heteroatoms. The van der Waals surface area contributed by atoms with Crippen molar-refractivity contribution in [3.05, 3.63) is 77.1 Å². The summed E-state index contributed by atoms with van der Waals surface area (Å²) in [6.45, 7) is 0. The lowest BCUT2D eigenvalue weighted by Gasteiger charge is -2.06. The van der Waals surface area contributed by atoms with Gasteiger partial charge in [0.2, 0.25) is 0 Å². The van der Waals surface area contributed by atoms with E-state index < -0.39 is 11.9 Å². The fourth-order valence-corrected chi connectivity index (χ4v) is 2.96. The molecule has 3 aromatic rings. The molecule has 2 heterocycles. The molecule has 0 amide bonds. The van der Waals surface area contributed by atoms with Gasteiger partial charge in [0.05, 0.1) is 19.7 Å². The highest BCUT2D eigenvalue weighted by Gasteiger charge is 2.32. The first kappa shape index (κ1) is 17.4. The summed E-state index contributed by atoms with van der Waals surface area (Å²) in [5, 5.41) is 0. The number of carbonyl (C=O) groups is 3.